The third-order valence-corrected chi connectivity index (χ3v) is 1.86. The molecule has 0 unspecified atom stereocenters. The summed E-state index contributed by atoms with van der Waals surface area (Å²) in [5, 5.41) is 0. The highest BCUT2D eigenvalue weighted by Crippen LogP contribution is 2.08. The zero-order chi connectivity index (χ0) is 7.40. The molecule has 0 amide bonds. The maximum atomic E-state index is 5.55. The van der Waals surface area contributed by atoms with Gasteiger partial charge in [0, 0.05) is 0 Å². The summed E-state index contributed by atoms with van der Waals surface area (Å²) in [5.74, 6) is 1.00. The molecule has 0 fully saturated rings. The van der Waals surface area contributed by atoms with Crippen LogP contribution in [0.3, 0.4) is 0 Å². The Morgan fingerprint density at radius 2 is 1.80 bits per heavy atom. The second-order valence-electron chi connectivity index (χ2n) is 2.48. The number of para-hydroxylation sites is 1. The fourth-order valence-electron chi connectivity index (χ4n) is 0.771. The van der Waals surface area contributed by atoms with Crippen molar-refractivity contribution in [1.82, 2.24) is 0 Å². The fourth-order valence-corrected chi connectivity index (χ4v) is 1.47. The Bertz CT molecular complexity index is 189. The van der Waals surface area contributed by atoms with Crippen molar-refractivity contribution < 1.29 is 5.85 Å². The highest BCUT2D eigenvalue weighted by Gasteiger charge is 1.95. The lowest BCUT2D eigenvalue weighted by molar-refractivity contribution is 0.581. The van der Waals surface area contributed by atoms with Crippen LogP contribution < -0.4 is 4.43 Å². The molecular formula is C8H13OSi+. The molecular weight excluding hydrogens is 140 g/mol. The molecule has 0 aliphatic rings. The molecule has 0 aliphatic heterocycles. The summed E-state index contributed by atoms with van der Waals surface area (Å²) >= 11 is 0. The van der Waals surface area contributed by atoms with E-state index < -0.39 is 9.04 Å². The van der Waals surface area contributed by atoms with E-state index in [-0.39, 0.29) is 1.43 Å². The van der Waals surface area contributed by atoms with Crippen LogP contribution in [0.4, 0.5) is 0 Å². The first-order valence-electron chi connectivity index (χ1n) is 3.51. The van der Waals surface area contributed by atoms with E-state index in [2.05, 4.69) is 13.1 Å². The summed E-state index contributed by atoms with van der Waals surface area (Å²) in [5.41, 5.74) is 0. The van der Waals surface area contributed by atoms with Crippen LogP contribution in [-0.2, 0) is 0 Å². The largest absolute Gasteiger partial charge is 1.00 e. The van der Waals surface area contributed by atoms with Gasteiger partial charge in [0.1, 0.15) is 5.75 Å². The first-order valence-corrected chi connectivity index (χ1v) is 6.29. The minimum atomic E-state index is -0.897. The minimum absolute atomic E-state index is 0. The average Bonchev–Trinajstić information content (AvgIpc) is 1.88. The molecule has 0 atom stereocenters. The van der Waals surface area contributed by atoms with Gasteiger partial charge in [0.25, 0.3) is 0 Å². The van der Waals surface area contributed by atoms with Gasteiger partial charge in [-0.3, -0.25) is 0 Å². The molecule has 0 heterocycles. The number of hydrogen-bond acceptors (Lipinski definition) is 1. The number of hydrogen-bond donors (Lipinski definition) is 0. The molecule has 0 saturated carbocycles. The standard InChI is InChI=1S/C8H12OSi/c1-10(2)9-8-6-4-3-5-7-8/h3-7,10H,1-2H3/p+1. The lowest BCUT2D eigenvalue weighted by Crippen LogP contribution is -2.10. The van der Waals surface area contributed by atoms with Crippen LogP contribution in [0.1, 0.15) is 1.43 Å². The SMILES string of the molecule is C[SiH](C)Oc1ccccc1.[H+]. The monoisotopic (exact) mass is 153 g/mol. The molecule has 2 heteroatoms. The zero-order valence-electron chi connectivity index (χ0n) is 7.37. The van der Waals surface area contributed by atoms with Gasteiger partial charge in [-0.25, -0.2) is 0 Å². The Kier molecular flexibility index (Phi) is 2.51. The van der Waals surface area contributed by atoms with Crippen molar-refractivity contribution in [1.29, 1.82) is 0 Å². The van der Waals surface area contributed by atoms with E-state index in [0.29, 0.717) is 0 Å². The molecule has 0 radical (unpaired) electrons. The molecule has 0 aliphatic carbocycles. The predicted molar refractivity (Wildman–Crippen MR) is 47.1 cm³/mol. The van der Waals surface area contributed by atoms with Crippen molar-refractivity contribution in [2.45, 2.75) is 13.1 Å². The van der Waals surface area contributed by atoms with Gasteiger partial charge >= 0.3 is 1.43 Å². The molecule has 1 rings (SSSR count). The van der Waals surface area contributed by atoms with Crippen LogP contribution in [0.2, 0.25) is 13.1 Å². The van der Waals surface area contributed by atoms with Gasteiger partial charge in [-0.15, -0.1) is 0 Å². The maximum absolute atomic E-state index is 5.55. The zero-order valence-corrected chi connectivity index (χ0v) is 7.53. The number of rotatable bonds is 2. The van der Waals surface area contributed by atoms with Crippen LogP contribution in [0.15, 0.2) is 30.3 Å². The van der Waals surface area contributed by atoms with Gasteiger partial charge in [-0.05, 0) is 25.2 Å². The first kappa shape index (κ1) is 7.35. The van der Waals surface area contributed by atoms with Gasteiger partial charge in [-0.2, -0.15) is 0 Å². The van der Waals surface area contributed by atoms with Gasteiger partial charge in [0.05, 0.1) is 0 Å². The van der Waals surface area contributed by atoms with Crippen LogP contribution >= 0.6 is 0 Å². The summed E-state index contributed by atoms with van der Waals surface area (Å²) < 4.78 is 5.55. The quantitative estimate of drug-likeness (QED) is 0.592. The lowest BCUT2D eigenvalue weighted by atomic mass is 10.3. The topological polar surface area (TPSA) is 9.23 Å². The van der Waals surface area contributed by atoms with Crippen molar-refractivity contribution in [3.63, 3.8) is 0 Å². The summed E-state index contributed by atoms with van der Waals surface area (Å²) in [6, 6.07) is 9.97. The van der Waals surface area contributed by atoms with Crippen molar-refractivity contribution in [3.05, 3.63) is 30.3 Å². The predicted octanol–water partition coefficient (Wildman–Crippen LogP) is 2.16. The fraction of sp³-hybridized carbons (Fsp3) is 0.250. The van der Waals surface area contributed by atoms with Crippen LogP contribution in [-0.4, -0.2) is 9.04 Å². The molecule has 10 heavy (non-hydrogen) atoms. The molecule has 0 bridgehead atoms. The Balaban J connectivity index is 0.000001000. The third-order valence-electron chi connectivity index (χ3n) is 1.11. The summed E-state index contributed by atoms with van der Waals surface area (Å²) in [6.07, 6.45) is 0. The van der Waals surface area contributed by atoms with Crippen LogP contribution in [0, 0.1) is 0 Å². The second kappa shape index (κ2) is 3.42. The van der Waals surface area contributed by atoms with Gasteiger partial charge in [-0.1, -0.05) is 18.2 Å². The maximum Gasteiger partial charge on any atom is 1.00 e. The highest BCUT2D eigenvalue weighted by atomic mass is 28.3. The lowest BCUT2D eigenvalue weighted by Gasteiger charge is -2.07. The number of benzene rings is 1. The Morgan fingerprint density at radius 1 is 1.20 bits per heavy atom. The summed E-state index contributed by atoms with van der Waals surface area (Å²) in [7, 11) is -0.897. The smallest absolute Gasteiger partial charge is 0.547 e. The van der Waals surface area contributed by atoms with Gasteiger partial charge in [0.15, 0.2) is 0 Å². The van der Waals surface area contributed by atoms with E-state index in [1.54, 1.807) is 0 Å². The van der Waals surface area contributed by atoms with E-state index >= 15 is 0 Å². The first-order chi connectivity index (χ1) is 4.79. The van der Waals surface area contributed by atoms with Gasteiger partial charge in [0.2, 0.25) is 9.04 Å². The molecule has 0 aromatic heterocycles. The van der Waals surface area contributed by atoms with Crippen LogP contribution in [0.25, 0.3) is 0 Å². The van der Waals surface area contributed by atoms with Crippen molar-refractivity contribution in [2.75, 3.05) is 0 Å². The van der Waals surface area contributed by atoms with E-state index in [9.17, 15) is 0 Å². The summed E-state index contributed by atoms with van der Waals surface area (Å²) in [4.78, 5) is 0. The average molecular weight is 153 g/mol. The summed E-state index contributed by atoms with van der Waals surface area (Å²) in [6.45, 7) is 4.32. The van der Waals surface area contributed by atoms with E-state index in [1.165, 1.54) is 0 Å². The van der Waals surface area contributed by atoms with E-state index in [0.717, 1.165) is 5.75 Å². The van der Waals surface area contributed by atoms with Crippen LogP contribution in [0.5, 0.6) is 5.75 Å². The third kappa shape index (κ3) is 2.23. The molecule has 0 saturated heterocycles. The Labute approximate surface area is 64.9 Å². The van der Waals surface area contributed by atoms with Crippen molar-refractivity contribution in [2.24, 2.45) is 0 Å². The molecule has 1 nitrogen and oxygen atoms in total. The molecule has 54 valence electrons. The Hall–Kier alpha value is -0.763. The van der Waals surface area contributed by atoms with E-state index in [4.69, 9.17) is 4.43 Å². The molecule has 1 aromatic carbocycles. The normalized spacial score (nSPS) is 9.90. The minimum Gasteiger partial charge on any atom is -0.547 e. The van der Waals surface area contributed by atoms with Crippen molar-refractivity contribution >= 4 is 9.04 Å². The van der Waals surface area contributed by atoms with Crippen molar-refractivity contribution in [3.8, 4) is 5.75 Å². The van der Waals surface area contributed by atoms with E-state index in [1.807, 2.05) is 30.3 Å². The van der Waals surface area contributed by atoms with Gasteiger partial charge < -0.3 is 4.43 Å². The molecule has 1 aromatic rings. The molecule has 0 N–H and O–H groups in total. The Morgan fingerprint density at radius 3 is 2.30 bits per heavy atom. The molecule has 0 spiro atoms. The highest BCUT2D eigenvalue weighted by molar-refractivity contribution is 6.49. The second-order valence-corrected chi connectivity index (χ2v) is 4.81.